The van der Waals surface area contributed by atoms with Crippen LogP contribution in [0.1, 0.15) is 28.8 Å². The van der Waals surface area contributed by atoms with E-state index < -0.39 is 6.04 Å². The van der Waals surface area contributed by atoms with Crippen molar-refractivity contribution >= 4 is 23.2 Å². The summed E-state index contributed by atoms with van der Waals surface area (Å²) in [6, 6.07) is 12.8. The van der Waals surface area contributed by atoms with Gasteiger partial charge in [-0.15, -0.1) is 10.2 Å². The average molecular weight is 347 g/mol. The SMILES string of the molecule is Cc1nnc(C)n1-c1ccc(Cl)cc1[C@@H](N)c1ccccc1Cl. The lowest BCUT2D eigenvalue weighted by molar-refractivity contribution is 0.834. The van der Waals surface area contributed by atoms with Gasteiger partial charge in [-0.2, -0.15) is 0 Å². The fourth-order valence-electron chi connectivity index (χ4n) is 2.69. The Kier molecular flexibility index (Phi) is 4.39. The van der Waals surface area contributed by atoms with E-state index in [1.807, 2.05) is 60.9 Å². The number of nitrogens with zero attached hydrogens (tertiary/aromatic N) is 3. The maximum Gasteiger partial charge on any atom is 0.134 e. The molecule has 0 aliphatic rings. The van der Waals surface area contributed by atoms with Crippen LogP contribution < -0.4 is 5.73 Å². The lowest BCUT2D eigenvalue weighted by Gasteiger charge is -2.20. The van der Waals surface area contributed by atoms with E-state index in [9.17, 15) is 0 Å². The van der Waals surface area contributed by atoms with Gasteiger partial charge in [0.25, 0.3) is 0 Å². The Morgan fingerprint density at radius 2 is 1.61 bits per heavy atom. The second kappa shape index (κ2) is 6.32. The summed E-state index contributed by atoms with van der Waals surface area (Å²) in [5, 5.41) is 9.49. The lowest BCUT2D eigenvalue weighted by atomic mass is 9.97. The highest BCUT2D eigenvalue weighted by molar-refractivity contribution is 6.31. The quantitative estimate of drug-likeness (QED) is 0.771. The van der Waals surface area contributed by atoms with Crippen molar-refractivity contribution in [1.29, 1.82) is 0 Å². The molecule has 1 heterocycles. The summed E-state index contributed by atoms with van der Waals surface area (Å²) < 4.78 is 1.96. The van der Waals surface area contributed by atoms with Gasteiger partial charge in [0.2, 0.25) is 0 Å². The first-order valence-electron chi connectivity index (χ1n) is 7.17. The van der Waals surface area contributed by atoms with Crippen LogP contribution in [-0.4, -0.2) is 14.8 Å². The molecule has 0 spiro atoms. The minimum Gasteiger partial charge on any atom is -0.320 e. The molecule has 0 radical (unpaired) electrons. The van der Waals surface area contributed by atoms with Gasteiger partial charge in [0.05, 0.1) is 11.7 Å². The molecule has 1 aromatic heterocycles. The first kappa shape index (κ1) is 16.0. The Balaban J connectivity index is 2.20. The standard InChI is InChI=1S/C17H16Cl2N4/c1-10-21-22-11(2)23(10)16-8-7-12(18)9-14(16)17(20)13-5-3-4-6-15(13)19/h3-9,17H,20H2,1-2H3/t17-/m0/s1. The third-order valence-corrected chi connectivity index (χ3v) is 4.37. The Morgan fingerprint density at radius 1 is 0.957 bits per heavy atom. The van der Waals surface area contributed by atoms with Gasteiger partial charge in [-0.1, -0.05) is 41.4 Å². The number of aryl methyl sites for hydroxylation is 2. The maximum atomic E-state index is 6.50. The Hall–Kier alpha value is -1.88. The summed E-state index contributed by atoms with van der Waals surface area (Å²) in [7, 11) is 0. The van der Waals surface area contributed by atoms with Crippen molar-refractivity contribution in [2.24, 2.45) is 5.73 Å². The number of hydrogen-bond acceptors (Lipinski definition) is 3. The highest BCUT2D eigenvalue weighted by atomic mass is 35.5. The van der Waals surface area contributed by atoms with Crippen molar-refractivity contribution in [3.05, 3.63) is 75.3 Å². The molecule has 0 aliphatic heterocycles. The molecule has 4 nitrogen and oxygen atoms in total. The zero-order valence-electron chi connectivity index (χ0n) is 12.8. The van der Waals surface area contributed by atoms with Gasteiger partial charge < -0.3 is 5.73 Å². The number of halogens is 2. The molecule has 3 rings (SSSR count). The van der Waals surface area contributed by atoms with Crippen LogP contribution in [0.5, 0.6) is 0 Å². The fourth-order valence-corrected chi connectivity index (χ4v) is 3.12. The smallest absolute Gasteiger partial charge is 0.134 e. The van der Waals surface area contributed by atoms with E-state index in [-0.39, 0.29) is 0 Å². The molecule has 0 bridgehead atoms. The molecule has 0 amide bonds. The molecular weight excluding hydrogens is 331 g/mol. The largest absolute Gasteiger partial charge is 0.320 e. The first-order chi connectivity index (χ1) is 11.0. The molecule has 0 saturated carbocycles. The number of rotatable bonds is 3. The van der Waals surface area contributed by atoms with Crippen molar-refractivity contribution in [1.82, 2.24) is 14.8 Å². The number of benzene rings is 2. The predicted molar refractivity (Wildman–Crippen MR) is 93.3 cm³/mol. The zero-order valence-corrected chi connectivity index (χ0v) is 14.3. The summed E-state index contributed by atoms with van der Waals surface area (Å²) >= 11 is 12.5. The van der Waals surface area contributed by atoms with Crippen LogP contribution in [0.15, 0.2) is 42.5 Å². The Labute approximate surface area is 144 Å². The molecule has 0 saturated heterocycles. The van der Waals surface area contributed by atoms with E-state index >= 15 is 0 Å². The minimum atomic E-state index is -0.404. The maximum absolute atomic E-state index is 6.50. The van der Waals surface area contributed by atoms with E-state index in [4.69, 9.17) is 28.9 Å². The number of aromatic nitrogens is 3. The van der Waals surface area contributed by atoms with Gasteiger partial charge in [-0.05, 0) is 49.2 Å². The van der Waals surface area contributed by atoms with E-state index in [0.29, 0.717) is 10.0 Å². The van der Waals surface area contributed by atoms with Gasteiger partial charge in [-0.25, -0.2) is 0 Å². The summed E-state index contributed by atoms with van der Waals surface area (Å²) in [6.07, 6.45) is 0. The lowest BCUT2D eigenvalue weighted by Crippen LogP contribution is -2.16. The molecular formula is C17H16Cl2N4. The average Bonchev–Trinajstić information content (AvgIpc) is 2.86. The second-order valence-electron chi connectivity index (χ2n) is 5.33. The van der Waals surface area contributed by atoms with E-state index in [1.165, 1.54) is 0 Å². The zero-order chi connectivity index (χ0) is 16.6. The molecule has 1 atom stereocenters. The molecule has 0 fully saturated rings. The molecule has 23 heavy (non-hydrogen) atoms. The third kappa shape index (κ3) is 2.98. The highest BCUT2D eigenvalue weighted by Crippen LogP contribution is 2.32. The van der Waals surface area contributed by atoms with E-state index in [2.05, 4.69) is 10.2 Å². The molecule has 118 valence electrons. The number of nitrogens with two attached hydrogens (primary N) is 1. The summed E-state index contributed by atoms with van der Waals surface area (Å²) in [5.74, 6) is 1.58. The second-order valence-corrected chi connectivity index (χ2v) is 6.18. The van der Waals surface area contributed by atoms with Gasteiger partial charge >= 0.3 is 0 Å². The molecule has 2 aromatic carbocycles. The van der Waals surface area contributed by atoms with E-state index in [0.717, 1.165) is 28.5 Å². The van der Waals surface area contributed by atoms with Crippen LogP contribution in [0.4, 0.5) is 0 Å². The van der Waals surface area contributed by atoms with Crippen molar-refractivity contribution in [3.8, 4) is 5.69 Å². The fraction of sp³-hybridized carbons (Fsp3) is 0.176. The normalized spacial score (nSPS) is 12.4. The van der Waals surface area contributed by atoms with Gasteiger partial charge in [0.15, 0.2) is 0 Å². The van der Waals surface area contributed by atoms with Gasteiger partial charge in [-0.3, -0.25) is 4.57 Å². The van der Waals surface area contributed by atoms with Crippen molar-refractivity contribution < 1.29 is 0 Å². The number of hydrogen-bond donors (Lipinski definition) is 1. The van der Waals surface area contributed by atoms with Crippen molar-refractivity contribution in [2.75, 3.05) is 0 Å². The van der Waals surface area contributed by atoms with Crippen LogP contribution in [0.25, 0.3) is 5.69 Å². The van der Waals surface area contributed by atoms with Crippen LogP contribution >= 0.6 is 23.2 Å². The van der Waals surface area contributed by atoms with Crippen LogP contribution in [0.3, 0.4) is 0 Å². The minimum absolute atomic E-state index is 0.404. The molecule has 0 unspecified atom stereocenters. The molecule has 2 N–H and O–H groups in total. The monoisotopic (exact) mass is 346 g/mol. The van der Waals surface area contributed by atoms with Crippen LogP contribution in [-0.2, 0) is 0 Å². The molecule has 0 aliphatic carbocycles. The first-order valence-corrected chi connectivity index (χ1v) is 7.93. The Bertz CT molecular complexity index is 838. The van der Waals surface area contributed by atoms with Crippen molar-refractivity contribution in [2.45, 2.75) is 19.9 Å². The topological polar surface area (TPSA) is 56.7 Å². The van der Waals surface area contributed by atoms with Crippen molar-refractivity contribution in [3.63, 3.8) is 0 Å². The van der Waals surface area contributed by atoms with Gasteiger partial charge in [0.1, 0.15) is 11.6 Å². The summed E-state index contributed by atoms with van der Waals surface area (Å²) in [5.41, 5.74) is 9.12. The highest BCUT2D eigenvalue weighted by Gasteiger charge is 2.19. The third-order valence-electron chi connectivity index (χ3n) is 3.79. The Morgan fingerprint density at radius 3 is 2.26 bits per heavy atom. The summed E-state index contributed by atoms with van der Waals surface area (Å²) in [6.45, 7) is 3.80. The van der Waals surface area contributed by atoms with Gasteiger partial charge in [0, 0.05) is 10.0 Å². The predicted octanol–water partition coefficient (Wildman–Crippen LogP) is 4.24. The van der Waals surface area contributed by atoms with E-state index in [1.54, 1.807) is 0 Å². The molecule has 6 heteroatoms. The summed E-state index contributed by atoms with van der Waals surface area (Å²) in [4.78, 5) is 0. The van der Waals surface area contributed by atoms with Crippen LogP contribution in [0, 0.1) is 13.8 Å². The molecule has 3 aromatic rings. The van der Waals surface area contributed by atoms with Crippen LogP contribution in [0.2, 0.25) is 10.0 Å².